The van der Waals surface area contributed by atoms with E-state index < -0.39 is 17.5 Å². The first-order valence-corrected chi connectivity index (χ1v) is 15.5. The Balaban J connectivity index is 1.09. The van der Waals surface area contributed by atoms with E-state index in [1.807, 2.05) is 0 Å². The van der Waals surface area contributed by atoms with Gasteiger partial charge in [0.1, 0.15) is 0 Å². The van der Waals surface area contributed by atoms with Crippen molar-refractivity contribution in [3.63, 3.8) is 0 Å². The maximum atomic E-state index is 13.7. The zero-order valence-electron chi connectivity index (χ0n) is 23.2. The molecule has 0 spiro atoms. The zero-order chi connectivity index (χ0) is 26.5. The van der Waals surface area contributed by atoms with Crippen LogP contribution in [0.2, 0.25) is 0 Å². The van der Waals surface area contributed by atoms with Crippen LogP contribution in [-0.2, 0) is 0 Å². The second-order valence-electron chi connectivity index (χ2n) is 12.5. The number of unbranched alkanes of at least 4 members (excludes halogenated alkanes) is 2. The Bertz CT molecular complexity index is 1050. The molecule has 0 nitrogen and oxygen atoms in total. The fourth-order valence-corrected chi connectivity index (χ4v) is 7.72. The van der Waals surface area contributed by atoms with Crippen LogP contribution in [0.4, 0.5) is 13.2 Å². The average molecular weight is 523 g/mol. The van der Waals surface area contributed by atoms with Gasteiger partial charge >= 0.3 is 0 Å². The van der Waals surface area contributed by atoms with E-state index in [0.717, 1.165) is 50.4 Å². The largest absolute Gasteiger partial charge is 0.204 e. The molecular weight excluding hydrogens is 477 g/mol. The molecular formula is C35H45F3. The van der Waals surface area contributed by atoms with Gasteiger partial charge in [0.05, 0.1) is 0 Å². The summed E-state index contributed by atoms with van der Waals surface area (Å²) in [6, 6.07) is 11.9. The Hall–Kier alpha value is -2.03. The van der Waals surface area contributed by atoms with Crippen LogP contribution >= 0.6 is 0 Å². The van der Waals surface area contributed by atoms with Crippen molar-refractivity contribution in [3.05, 3.63) is 76.6 Å². The third-order valence-corrected chi connectivity index (χ3v) is 10.2. The molecule has 0 radical (unpaired) electrons. The van der Waals surface area contributed by atoms with E-state index >= 15 is 0 Å². The SMILES string of the molecule is CCCCCC1CCC(c2ccc(C3=CCC(C4CCC(c5cc(F)c(F)c(F)c5)CC4)CC3)cc2)CC1. The van der Waals surface area contributed by atoms with Gasteiger partial charge in [-0.3, -0.25) is 0 Å². The Labute approximate surface area is 228 Å². The van der Waals surface area contributed by atoms with E-state index in [9.17, 15) is 13.2 Å². The van der Waals surface area contributed by atoms with Crippen LogP contribution in [0.3, 0.4) is 0 Å². The summed E-state index contributed by atoms with van der Waals surface area (Å²) in [6.45, 7) is 2.29. The third-order valence-electron chi connectivity index (χ3n) is 10.2. The molecule has 38 heavy (non-hydrogen) atoms. The molecule has 2 aromatic rings. The Morgan fingerprint density at radius 3 is 1.92 bits per heavy atom. The molecule has 0 heterocycles. The molecule has 206 valence electrons. The van der Waals surface area contributed by atoms with Gasteiger partial charge in [-0.25, -0.2) is 13.2 Å². The predicted molar refractivity (Wildman–Crippen MR) is 152 cm³/mol. The quantitative estimate of drug-likeness (QED) is 0.239. The molecule has 2 fully saturated rings. The fourth-order valence-electron chi connectivity index (χ4n) is 7.72. The smallest absolute Gasteiger partial charge is 0.194 e. The van der Waals surface area contributed by atoms with Crippen LogP contribution in [-0.4, -0.2) is 0 Å². The van der Waals surface area contributed by atoms with Crippen molar-refractivity contribution >= 4 is 5.57 Å². The summed E-state index contributed by atoms with van der Waals surface area (Å²) >= 11 is 0. The average Bonchev–Trinajstić information content (AvgIpc) is 2.96. The molecule has 5 rings (SSSR count). The summed E-state index contributed by atoms with van der Waals surface area (Å²) in [4.78, 5) is 0. The van der Waals surface area contributed by atoms with E-state index in [1.165, 1.54) is 86.6 Å². The highest BCUT2D eigenvalue weighted by molar-refractivity contribution is 5.66. The van der Waals surface area contributed by atoms with Gasteiger partial charge in [-0.15, -0.1) is 0 Å². The predicted octanol–water partition coefficient (Wildman–Crippen LogP) is 11.1. The number of rotatable bonds is 8. The van der Waals surface area contributed by atoms with Crippen LogP contribution < -0.4 is 0 Å². The second-order valence-corrected chi connectivity index (χ2v) is 12.5. The van der Waals surface area contributed by atoms with Crippen molar-refractivity contribution in [2.75, 3.05) is 0 Å². The maximum Gasteiger partial charge on any atom is 0.194 e. The molecule has 2 aromatic carbocycles. The van der Waals surface area contributed by atoms with Crippen molar-refractivity contribution < 1.29 is 13.2 Å². The highest BCUT2D eigenvalue weighted by Crippen LogP contribution is 2.44. The zero-order valence-corrected chi connectivity index (χ0v) is 23.2. The lowest BCUT2D eigenvalue weighted by atomic mass is 9.70. The molecule has 3 heteroatoms. The number of benzene rings is 2. The fraction of sp³-hybridized carbons (Fsp3) is 0.600. The van der Waals surface area contributed by atoms with Crippen molar-refractivity contribution in [1.29, 1.82) is 0 Å². The summed E-state index contributed by atoms with van der Waals surface area (Å²) in [5, 5.41) is 0. The van der Waals surface area contributed by atoms with Crippen LogP contribution in [0.15, 0.2) is 42.5 Å². The van der Waals surface area contributed by atoms with Gasteiger partial charge in [-0.2, -0.15) is 0 Å². The van der Waals surface area contributed by atoms with Crippen molar-refractivity contribution in [3.8, 4) is 0 Å². The molecule has 0 bridgehead atoms. The first kappa shape index (κ1) is 27.5. The summed E-state index contributed by atoms with van der Waals surface area (Å²) < 4.78 is 40.7. The van der Waals surface area contributed by atoms with Crippen molar-refractivity contribution in [2.24, 2.45) is 17.8 Å². The minimum atomic E-state index is -1.36. The minimum absolute atomic E-state index is 0.139. The van der Waals surface area contributed by atoms with Gasteiger partial charge in [0.2, 0.25) is 0 Å². The Kier molecular flexibility index (Phi) is 9.33. The molecule has 1 unspecified atom stereocenters. The Morgan fingerprint density at radius 2 is 1.32 bits per heavy atom. The standard InChI is InChI=1S/C35H45F3/c1-2-3-4-5-24-6-8-25(9-7-24)26-10-12-27(13-11-26)28-14-16-29(17-15-28)30-18-20-31(21-19-30)32-22-33(36)35(38)34(37)23-32/h10-14,22-25,29-31H,2-9,15-21H2,1H3. The topological polar surface area (TPSA) is 0 Å². The van der Waals surface area contributed by atoms with Crippen molar-refractivity contribution in [2.45, 2.75) is 115 Å². The van der Waals surface area contributed by atoms with Gasteiger partial charge in [-0.1, -0.05) is 62.9 Å². The number of hydrogen-bond acceptors (Lipinski definition) is 0. The third kappa shape index (κ3) is 6.57. The van der Waals surface area contributed by atoms with Gasteiger partial charge in [-0.05, 0) is 135 Å². The minimum Gasteiger partial charge on any atom is -0.204 e. The maximum absolute atomic E-state index is 13.7. The highest BCUT2D eigenvalue weighted by Gasteiger charge is 2.30. The van der Waals surface area contributed by atoms with E-state index in [-0.39, 0.29) is 5.92 Å². The van der Waals surface area contributed by atoms with Gasteiger partial charge in [0, 0.05) is 0 Å². The normalized spacial score (nSPS) is 28.2. The van der Waals surface area contributed by atoms with Crippen LogP contribution in [0.5, 0.6) is 0 Å². The first-order chi connectivity index (χ1) is 18.5. The van der Waals surface area contributed by atoms with E-state index in [0.29, 0.717) is 17.4 Å². The molecule has 0 amide bonds. The van der Waals surface area contributed by atoms with Crippen molar-refractivity contribution in [1.82, 2.24) is 0 Å². The highest BCUT2D eigenvalue weighted by atomic mass is 19.2. The molecule has 2 saturated carbocycles. The summed E-state index contributed by atoms with van der Waals surface area (Å²) in [5.74, 6) is -0.264. The van der Waals surface area contributed by atoms with Gasteiger partial charge < -0.3 is 0 Å². The van der Waals surface area contributed by atoms with E-state index in [4.69, 9.17) is 0 Å². The molecule has 0 N–H and O–H groups in total. The molecule has 0 aliphatic heterocycles. The summed E-state index contributed by atoms with van der Waals surface area (Å²) in [5.41, 5.74) is 5.05. The molecule has 3 aliphatic rings. The number of hydrogen-bond donors (Lipinski definition) is 0. The van der Waals surface area contributed by atoms with E-state index in [2.05, 4.69) is 37.3 Å². The lowest BCUT2D eigenvalue weighted by Crippen LogP contribution is -2.22. The summed E-state index contributed by atoms with van der Waals surface area (Å²) in [6.07, 6.45) is 21.1. The Morgan fingerprint density at radius 1 is 0.684 bits per heavy atom. The van der Waals surface area contributed by atoms with Crippen LogP contribution in [0.1, 0.15) is 132 Å². The monoisotopic (exact) mass is 522 g/mol. The second kappa shape index (κ2) is 12.9. The molecule has 1 atom stereocenters. The first-order valence-electron chi connectivity index (χ1n) is 15.5. The molecule has 0 saturated heterocycles. The van der Waals surface area contributed by atoms with Crippen LogP contribution in [0.25, 0.3) is 5.57 Å². The van der Waals surface area contributed by atoms with Crippen LogP contribution in [0, 0.1) is 35.2 Å². The number of halogens is 3. The number of allylic oxidation sites excluding steroid dienone is 2. The lowest BCUT2D eigenvalue weighted by Gasteiger charge is -2.35. The van der Waals surface area contributed by atoms with Gasteiger partial charge in [0.25, 0.3) is 0 Å². The summed E-state index contributed by atoms with van der Waals surface area (Å²) in [7, 11) is 0. The lowest BCUT2D eigenvalue weighted by molar-refractivity contribution is 0.220. The van der Waals surface area contributed by atoms with Gasteiger partial charge in [0.15, 0.2) is 17.5 Å². The molecule has 3 aliphatic carbocycles. The molecule has 0 aromatic heterocycles. The van der Waals surface area contributed by atoms with E-state index in [1.54, 1.807) is 0 Å².